The van der Waals surface area contributed by atoms with Crippen LogP contribution in [-0.4, -0.2) is 11.8 Å². The number of ether oxygens (including phenoxy) is 1. The summed E-state index contributed by atoms with van der Waals surface area (Å²) in [6.07, 6.45) is 1.62. The van der Waals surface area contributed by atoms with E-state index in [1.165, 1.54) is 5.56 Å². The van der Waals surface area contributed by atoms with Crippen LogP contribution in [0.2, 0.25) is 5.02 Å². The lowest BCUT2D eigenvalue weighted by molar-refractivity contribution is -0.115. The van der Waals surface area contributed by atoms with Crippen molar-refractivity contribution < 1.29 is 14.3 Å². The Morgan fingerprint density at radius 2 is 1.90 bits per heavy atom. The Hall–Kier alpha value is -3.57. The quantitative estimate of drug-likeness (QED) is 0.589. The van der Waals surface area contributed by atoms with E-state index < -0.39 is 0 Å². The fourth-order valence-electron chi connectivity index (χ4n) is 3.04. The highest BCUT2D eigenvalue weighted by Crippen LogP contribution is 2.32. The van der Waals surface area contributed by atoms with Crippen molar-refractivity contribution >= 4 is 35.2 Å². The average molecular weight is 419 g/mol. The van der Waals surface area contributed by atoms with Gasteiger partial charge in [-0.1, -0.05) is 53.6 Å². The maximum Gasteiger partial charge on any atom is 0.291 e. The van der Waals surface area contributed by atoms with Gasteiger partial charge in [-0.15, -0.1) is 0 Å². The molecule has 1 aliphatic heterocycles. The van der Waals surface area contributed by atoms with Crippen LogP contribution in [-0.2, 0) is 11.3 Å². The minimum Gasteiger partial charge on any atom is -0.449 e. The third-order valence-electron chi connectivity index (χ3n) is 4.65. The van der Waals surface area contributed by atoms with Gasteiger partial charge in [-0.25, -0.2) is 0 Å². The number of hydrogen-bond acceptors (Lipinski definition) is 3. The first kappa shape index (κ1) is 19.7. The van der Waals surface area contributed by atoms with Crippen LogP contribution in [0.3, 0.4) is 0 Å². The Labute approximate surface area is 179 Å². The molecule has 5 nitrogen and oxygen atoms in total. The minimum absolute atomic E-state index is 0.154. The number of anilines is 1. The van der Waals surface area contributed by atoms with E-state index in [4.69, 9.17) is 16.3 Å². The van der Waals surface area contributed by atoms with Crippen LogP contribution >= 0.6 is 11.6 Å². The SMILES string of the molecule is Cc1ccc(CNC(=O)c2ccc3c(c2)NC(=O)C(=Cc2cccc(Cl)c2)O3)cc1. The molecule has 0 bridgehead atoms. The average Bonchev–Trinajstić information content (AvgIpc) is 2.73. The Bertz CT molecular complexity index is 1150. The van der Waals surface area contributed by atoms with Crippen molar-refractivity contribution in [3.05, 3.63) is 99.8 Å². The van der Waals surface area contributed by atoms with Gasteiger partial charge in [0.1, 0.15) is 0 Å². The van der Waals surface area contributed by atoms with Crippen LogP contribution in [0.5, 0.6) is 5.75 Å². The predicted octanol–water partition coefficient (Wildman–Crippen LogP) is 4.95. The van der Waals surface area contributed by atoms with Gasteiger partial charge in [0.25, 0.3) is 11.8 Å². The van der Waals surface area contributed by atoms with Gasteiger partial charge in [0.15, 0.2) is 11.5 Å². The molecule has 0 radical (unpaired) electrons. The van der Waals surface area contributed by atoms with Gasteiger partial charge in [-0.2, -0.15) is 0 Å². The molecule has 0 spiro atoms. The number of amides is 2. The van der Waals surface area contributed by atoms with E-state index >= 15 is 0 Å². The van der Waals surface area contributed by atoms with Crippen molar-refractivity contribution in [2.45, 2.75) is 13.5 Å². The van der Waals surface area contributed by atoms with Crippen LogP contribution < -0.4 is 15.4 Å². The maximum absolute atomic E-state index is 12.5. The molecule has 1 aliphatic rings. The van der Waals surface area contributed by atoms with Gasteiger partial charge >= 0.3 is 0 Å². The lowest BCUT2D eigenvalue weighted by Gasteiger charge is -2.20. The number of fused-ring (bicyclic) bond motifs is 1. The summed E-state index contributed by atoms with van der Waals surface area (Å²) in [5.41, 5.74) is 3.82. The summed E-state index contributed by atoms with van der Waals surface area (Å²) >= 11 is 5.99. The van der Waals surface area contributed by atoms with Crippen molar-refractivity contribution in [2.75, 3.05) is 5.32 Å². The molecular formula is C24H19ClN2O3. The molecule has 0 atom stereocenters. The topological polar surface area (TPSA) is 67.4 Å². The maximum atomic E-state index is 12.5. The second-order valence-corrected chi connectivity index (χ2v) is 7.44. The lowest BCUT2D eigenvalue weighted by atomic mass is 10.1. The highest BCUT2D eigenvalue weighted by Gasteiger charge is 2.23. The fourth-order valence-corrected chi connectivity index (χ4v) is 3.24. The van der Waals surface area contributed by atoms with Gasteiger partial charge in [-0.3, -0.25) is 9.59 Å². The zero-order valence-corrected chi connectivity index (χ0v) is 17.0. The summed E-state index contributed by atoms with van der Waals surface area (Å²) in [5, 5.41) is 6.23. The van der Waals surface area contributed by atoms with Crippen LogP contribution in [0.25, 0.3) is 6.08 Å². The Morgan fingerprint density at radius 1 is 1.10 bits per heavy atom. The van der Waals surface area contributed by atoms with Gasteiger partial charge < -0.3 is 15.4 Å². The van der Waals surface area contributed by atoms with Crippen molar-refractivity contribution in [1.82, 2.24) is 5.32 Å². The van der Waals surface area contributed by atoms with Crippen molar-refractivity contribution in [2.24, 2.45) is 0 Å². The first-order valence-electron chi connectivity index (χ1n) is 9.42. The monoisotopic (exact) mass is 418 g/mol. The normalized spacial score (nSPS) is 13.9. The van der Waals surface area contributed by atoms with Crippen LogP contribution in [0.15, 0.2) is 72.5 Å². The standard InChI is InChI=1S/C24H19ClN2O3/c1-15-5-7-16(8-6-15)14-26-23(28)18-9-10-21-20(13-18)27-24(29)22(30-21)12-17-3-2-4-19(25)11-17/h2-13H,14H2,1H3,(H,26,28)(H,27,29). The zero-order chi connectivity index (χ0) is 21.1. The largest absolute Gasteiger partial charge is 0.449 e. The summed E-state index contributed by atoms with van der Waals surface area (Å²) in [4.78, 5) is 24.9. The molecule has 0 saturated heterocycles. The number of carbonyl (C=O) groups excluding carboxylic acids is 2. The molecule has 1 heterocycles. The number of rotatable bonds is 4. The molecule has 2 N–H and O–H groups in total. The third kappa shape index (κ3) is 4.53. The molecule has 150 valence electrons. The summed E-state index contributed by atoms with van der Waals surface area (Å²) in [6.45, 7) is 2.44. The number of hydrogen-bond donors (Lipinski definition) is 2. The van der Waals surface area contributed by atoms with E-state index in [1.54, 1.807) is 42.5 Å². The summed E-state index contributed by atoms with van der Waals surface area (Å²) in [7, 11) is 0. The van der Waals surface area contributed by atoms with Crippen LogP contribution in [0.4, 0.5) is 5.69 Å². The minimum atomic E-state index is -0.389. The Kier molecular flexibility index (Phi) is 5.55. The van der Waals surface area contributed by atoms with Crippen molar-refractivity contribution in [3.63, 3.8) is 0 Å². The Morgan fingerprint density at radius 3 is 2.67 bits per heavy atom. The first-order chi connectivity index (χ1) is 14.5. The molecule has 4 rings (SSSR count). The molecule has 30 heavy (non-hydrogen) atoms. The van der Waals surface area contributed by atoms with E-state index in [1.807, 2.05) is 37.3 Å². The van der Waals surface area contributed by atoms with Crippen LogP contribution in [0, 0.1) is 6.92 Å². The predicted molar refractivity (Wildman–Crippen MR) is 117 cm³/mol. The highest BCUT2D eigenvalue weighted by molar-refractivity contribution is 6.30. The van der Waals surface area contributed by atoms with Gasteiger partial charge in [0.2, 0.25) is 0 Å². The van der Waals surface area contributed by atoms with Crippen LogP contribution in [0.1, 0.15) is 27.0 Å². The molecule has 2 amide bonds. The fraction of sp³-hybridized carbons (Fsp3) is 0.0833. The van der Waals surface area contributed by atoms with Gasteiger partial charge in [-0.05, 0) is 54.5 Å². The molecule has 3 aromatic carbocycles. The van der Waals surface area contributed by atoms with E-state index in [9.17, 15) is 9.59 Å². The summed E-state index contributed by atoms with van der Waals surface area (Å²) < 4.78 is 5.74. The number of carbonyl (C=O) groups is 2. The van der Waals surface area contributed by atoms with Gasteiger partial charge in [0.05, 0.1) is 5.69 Å². The Balaban J connectivity index is 1.48. The molecule has 0 aromatic heterocycles. The first-order valence-corrected chi connectivity index (χ1v) is 9.80. The highest BCUT2D eigenvalue weighted by atomic mass is 35.5. The van der Waals surface area contributed by atoms with E-state index in [0.29, 0.717) is 28.6 Å². The third-order valence-corrected chi connectivity index (χ3v) is 4.89. The number of halogens is 1. The second-order valence-electron chi connectivity index (χ2n) is 7.00. The zero-order valence-electron chi connectivity index (χ0n) is 16.2. The number of benzene rings is 3. The molecule has 3 aromatic rings. The summed E-state index contributed by atoms with van der Waals surface area (Å²) in [5.74, 6) is 0.00637. The molecule has 0 fully saturated rings. The van der Waals surface area contributed by atoms with Crippen molar-refractivity contribution in [3.8, 4) is 5.75 Å². The molecule has 0 saturated carbocycles. The molecule has 6 heteroatoms. The van der Waals surface area contributed by atoms with E-state index in [2.05, 4.69) is 10.6 Å². The number of aryl methyl sites for hydroxylation is 1. The van der Waals surface area contributed by atoms with Crippen molar-refractivity contribution in [1.29, 1.82) is 0 Å². The molecule has 0 unspecified atom stereocenters. The summed E-state index contributed by atoms with van der Waals surface area (Å²) in [6, 6.07) is 20.0. The second kappa shape index (κ2) is 8.43. The molecular weight excluding hydrogens is 400 g/mol. The van der Waals surface area contributed by atoms with E-state index in [-0.39, 0.29) is 17.6 Å². The number of nitrogens with one attached hydrogen (secondary N) is 2. The molecule has 0 aliphatic carbocycles. The van der Waals surface area contributed by atoms with Gasteiger partial charge in [0, 0.05) is 17.1 Å². The lowest BCUT2D eigenvalue weighted by Crippen LogP contribution is -2.25. The van der Waals surface area contributed by atoms with E-state index in [0.717, 1.165) is 11.1 Å². The smallest absolute Gasteiger partial charge is 0.291 e.